The number of nitrogens with zero attached hydrogens (tertiary/aromatic N) is 1. The minimum absolute atomic E-state index is 0.546. The van der Waals surface area contributed by atoms with Gasteiger partial charge in [0.1, 0.15) is 0 Å². The fourth-order valence-electron chi connectivity index (χ4n) is 1.19. The second-order valence-corrected chi connectivity index (χ2v) is 19.4. The van der Waals surface area contributed by atoms with Crippen LogP contribution in [0.5, 0.6) is 0 Å². The van der Waals surface area contributed by atoms with Gasteiger partial charge in [-0.3, -0.25) is 0 Å². The molecule has 0 fully saturated rings. The summed E-state index contributed by atoms with van der Waals surface area (Å²) in [7, 11) is 0. The van der Waals surface area contributed by atoms with E-state index in [9.17, 15) is 0 Å². The summed E-state index contributed by atoms with van der Waals surface area (Å²) >= 11 is -1.85. The first kappa shape index (κ1) is 11.0. The molecule has 0 aliphatic carbocycles. The summed E-state index contributed by atoms with van der Waals surface area (Å²) in [5.74, 6) is 0.546. The van der Waals surface area contributed by atoms with Crippen LogP contribution in [-0.4, -0.2) is 23.4 Å². The van der Waals surface area contributed by atoms with E-state index in [1.54, 1.807) is 0 Å². The number of hydrogen-bond donors (Lipinski definition) is 0. The van der Waals surface area contributed by atoms with E-state index in [4.69, 9.17) is 0 Å². The summed E-state index contributed by atoms with van der Waals surface area (Å²) in [6.07, 6.45) is 2.09. The van der Waals surface area contributed by atoms with Crippen molar-refractivity contribution in [1.29, 1.82) is 0 Å². The normalized spacial score (nSPS) is 12.2. The third-order valence-corrected chi connectivity index (χ3v) is 8.03. The monoisotopic (exact) mass is 285 g/mol. The van der Waals surface area contributed by atoms with Crippen molar-refractivity contribution in [3.63, 3.8) is 0 Å². The molecule has 0 saturated heterocycles. The molecule has 72 valence electrons. The maximum absolute atomic E-state index is 4.50. The Morgan fingerprint density at radius 2 is 1.77 bits per heavy atom. The molecule has 1 heterocycles. The number of hydrogen-bond acceptors (Lipinski definition) is 1. The van der Waals surface area contributed by atoms with Crippen molar-refractivity contribution in [3.8, 4) is 0 Å². The zero-order valence-electron chi connectivity index (χ0n) is 9.26. The predicted octanol–water partition coefficient (Wildman–Crippen LogP) is 2.75. The van der Waals surface area contributed by atoms with Crippen LogP contribution in [0.4, 0.5) is 0 Å². The van der Waals surface area contributed by atoms with Gasteiger partial charge in [-0.25, -0.2) is 0 Å². The van der Waals surface area contributed by atoms with Crippen LogP contribution in [0.25, 0.3) is 0 Å². The second-order valence-electron chi connectivity index (χ2n) is 4.88. The molecular weight excluding hydrogens is 265 g/mol. The van der Waals surface area contributed by atoms with Gasteiger partial charge in [0, 0.05) is 0 Å². The molecule has 0 saturated carbocycles. The van der Waals surface area contributed by atoms with Gasteiger partial charge in [-0.2, -0.15) is 0 Å². The zero-order valence-corrected chi connectivity index (χ0v) is 12.1. The molecule has 1 aromatic rings. The molecule has 0 spiro atoms. The quantitative estimate of drug-likeness (QED) is 0.761. The van der Waals surface area contributed by atoms with Gasteiger partial charge in [-0.05, 0) is 0 Å². The Morgan fingerprint density at radius 3 is 2.08 bits per heavy atom. The van der Waals surface area contributed by atoms with Crippen molar-refractivity contribution in [2.75, 3.05) is 0 Å². The topological polar surface area (TPSA) is 12.9 Å². The van der Waals surface area contributed by atoms with Gasteiger partial charge >= 0.3 is 85.5 Å². The molecule has 1 aromatic heterocycles. The molecule has 2 heteroatoms. The summed E-state index contributed by atoms with van der Waals surface area (Å²) < 4.78 is 1.51. The first-order chi connectivity index (χ1) is 5.91. The Kier molecular flexibility index (Phi) is 3.38. The van der Waals surface area contributed by atoms with Gasteiger partial charge in [0.05, 0.1) is 0 Å². The molecule has 0 aliphatic heterocycles. The van der Waals surface area contributed by atoms with Gasteiger partial charge in [-0.1, -0.05) is 0 Å². The Hall–Kier alpha value is -0.0513. The van der Waals surface area contributed by atoms with Crippen LogP contribution in [0.2, 0.25) is 14.8 Å². The third-order valence-electron chi connectivity index (χ3n) is 2.24. The van der Waals surface area contributed by atoms with E-state index in [0.717, 1.165) is 0 Å². The summed E-state index contributed by atoms with van der Waals surface area (Å²) in [5.41, 5.74) is 1.21. The van der Waals surface area contributed by atoms with E-state index in [1.807, 2.05) is 0 Å². The average molecular weight is 284 g/mol. The predicted molar refractivity (Wildman–Crippen MR) is 61.3 cm³/mol. The van der Waals surface area contributed by atoms with Gasteiger partial charge < -0.3 is 0 Å². The molecule has 0 amide bonds. The average Bonchev–Trinajstić information content (AvgIpc) is 2.03. The molecule has 0 aliphatic rings. The Morgan fingerprint density at radius 1 is 1.15 bits per heavy atom. The molecule has 1 rings (SSSR count). The van der Waals surface area contributed by atoms with Crippen LogP contribution in [0.1, 0.15) is 25.5 Å². The first-order valence-electron chi connectivity index (χ1n) is 4.87. The molecule has 1 nitrogen and oxygen atoms in total. The standard InChI is InChI=1S/C8H10N.3CH3.Sn/c1-7(2)8-5-3-4-6-9-8;;;;/h3,5-7H,1-2H3;3*1H3;. The molecule has 0 aromatic carbocycles. The fourth-order valence-corrected chi connectivity index (χ4v) is 4.14. The Labute approximate surface area is 85.5 Å². The van der Waals surface area contributed by atoms with Crippen molar-refractivity contribution in [1.82, 2.24) is 4.98 Å². The van der Waals surface area contributed by atoms with Gasteiger partial charge in [0.2, 0.25) is 0 Å². The summed E-state index contributed by atoms with van der Waals surface area (Å²) in [6.45, 7) is 4.37. The summed E-state index contributed by atoms with van der Waals surface area (Å²) in [4.78, 5) is 11.7. The fraction of sp³-hybridized carbons (Fsp3) is 0.545. The van der Waals surface area contributed by atoms with Gasteiger partial charge in [0.25, 0.3) is 0 Å². The van der Waals surface area contributed by atoms with Crippen LogP contribution >= 0.6 is 0 Å². The van der Waals surface area contributed by atoms with E-state index in [-0.39, 0.29) is 0 Å². The molecule has 13 heavy (non-hydrogen) atoms. The minimum atomic E-state index is -1.85. The molecule has 0 bridgehead atoms. The molecule has 0 N–H and O–H groups in total. The van der Waals surface area contributed by atoms with E-state index in [2.05, 4.69) is 52.0 Å². The van der Waals surface area contributed by atoms with Crippen molar-refractivity contribution in [2.45, 2.75) is 34.6 Å². The van der Waals surface area contributed by atoms with Crippen LogP contribution in [0.15, 0.2) is 18.3 Å². The second kappa shape index (κ2) is 3.99. The van der Waals surface area contributed by atoms with E-state index < -0.39 is 18.4 Å². The van der Waals surface area contributed by atoms with Crippen LogP contribution < -0.4 is 3.58 Å². The van der Waals surface area contributed by atoms with Crippen LogP contribution in [0.3, 0.4) is 0 Å². The van der Waals surface area contributed by atoms with E-state index >= 15 is 0 Å². The van der Waals surface area contributed by atoms with Gasteiger partial charge in [0.15, 0.2) is 0 Å². The summed E-state index contributed by atoms with van der Waals surface area (Å²) in [5, 5.41) is 0. The Balaban J connectivity index is 2.94. The number of aromatic nitrogens is 1. The SMILES string of the molecule is CC(C)c1cc[c]([Sn]([CH3])([CH3])[CH3])cn1. The van der Waals surface area contributed by atoms with Crippen molar-refractivity contribution >= 4 is 22.0 Å². The van der Waals surface area contributed by atoms with Crippen LogP contribution in [-0.2, 0) is 0 Å². The molecular formula is C11H19NSn. The van der Waals surface area contributed by atoms with Crippen molar-refractivity contribution < 1.29 is 0 Å². The third kappa shape index (κ3) is 2.97. The van der Waals surface area contributed by atoms with E-state index in [1.165, 1.54) is 9.27 Å². The van der Waals surface area contributed by atoms with Crippen molar-refractivity contribution in [2.24, 2.45) is 0 Å². The van der Waals surface area contributed by atoms with Crippen molar-refractivity contribution in [3.05, 3.63) is 24.0 Å². The molecule has 0 unspecified atom stereocenters. The first-order valence-corrected chi connectivity index (χ1v) is 14.9. The van der Waals surface area contributed by atoms with Crippen LogP contribution in [0, 0.1) is 0 Å². The maximum atomic E-state index is 4.50. The zero-order chi connectivity index (χ0) is 10.1. The van der Waals surface area contributed by atoms with Gasteiger partial charge in [-0.15, -0.1) is 0 Å². The van der Waals surface area contributed by atoms with E-state index in [0.29, 0.717) is 5.92 Å². The molecule has 0 atom stereocenters. The summed E-state index contributed by atoms with van der Waals surface area (Å²) in [6, 6.07) is 4.46. The molecule has 0 radical (unpaired) electrons. The number of rotatable bonds is 2. The number of pyridine rings is 1. The Bertz CT molecular complexity index is 269.